The van der Waals surface area contributed by atoms with Crippen LogP contribution in [-0.4, -0.2) is 26.6 Å². The van der Waals surface area contributed by atoms with Crippen LogP contribution in [0.15, 0.2) is 47.6 Å². The first-order valence-electron chi connectivity index (χ1n) is 9.38. The molecule has 0 fully saturated rings. The molecule has 0 aliphatic carbocycles. The number of hydrogen-bond donors (Lipinski definition) is 1. The number of amides is 1. The lowest BCUT2D eigenvalue weighted by atomic mass is 10.2. The van der Waals surface area contributed by atoms with Gasteiger partial charge in [0.15, 0.2) is 11.0 Å². The van der Waals surface area contributed by atoms with Gasteiger partial charge in [-0.05, 0) is 37.1 Å². The first-order chi connectivity index (χ1) is 14.5. The van der Waals surface area contributed by atoms with Crippen LogP contribution in [-0.2, 0) is 17.1 Å². The van der Waals surface area contributed by atoms with E-state index in [9.17, 15) is 4.79 Å². The Bertz CT molecular complexity index is 1030. The van der Waals surface area contributed by atoms with E-state index in [1.54, 1.807) is 30.0 Å². The summed E-state index contributed by atoms with van der Waals surface area (Å²) in [4.78, 5) is 12.0. The van der Waals surface area contributed by atoms with E-state index in [4.69, 9.17) is 34.8 Å². The lowest BCUT2D eigenvalue weighted by molar-refractivity contribution is -0.121. The summed E-state index contributed by atoms with van der Waals surface area (Å²) in [6.45, 7) is 2.29. The monoisotopic (exact) mass is 482 g/mol. The van der Waals surface area contributed by atoms with Crippen molar-refractivity contribution < 1.29 is 4.79 Å². The fourth-order valence-electron chi connectivity index (χ4n) is 2.85. The third-order valence-corrected chi connectivity index (χ3v) is 6.10. The minimum absolute atomic E-state index is 0.0867. The van der Waals surface area contributed by atoms with Gasteiger partial charge < -0.3 is 5.32 Å². The van der Waals surface area contributed by atoms with E-state index in [2.05, 4.69) is 40.6 Å². The van der Waals surface area contributed by atoms with Crippen molar-refractivity contribution in [2.45, 2.75) is 37.2 Å². The molecule has 1 N–H and O–H groups in total. The highest BCUT2D eigenvalue weighted by Crippen LogP contribution is 2.31. The summed E-state index contributed by atoms with van der Waals surface area (Å²) in [6, 6.07) is 13.5. The highest BCUT2D eigenvalue weighted by atomic mass is 35.5. The maximum atomic E-state index is 12.0. The molecule has 0 saturated carbocycles. The number of aromatic nitrogens is 3. The van der Waals surface area contributed by atoms with E-state index in [1.807, 2.05) is 10.6 Å². The van der Waals surface area contributed by atoms with Crippen molar-refractivity contribution in [1.82, 2.24) is 20.1 Å². The zero-order chi connectivity index (χ0) is 21.5. The van der Waals surface area contributed by atoms with Gasteiger partial charge in [-0.2, -0.15) is 0 Å². The maximum Gasteiger partial charge on any atom is 0.220 e. The quantitative estimate of drug-likeness (QED) is 0.308. The number of nitrogens with one attached hydrogen (secondary N) is 1. The average Bonchev–Trinajstić information content (AvgIpc) is 3.13. The van der Waals surface area contributed by atoms with Gasteiger partial charge in [-0.1, -0.05) is 64.8 Å². The van der Waals surface area contributed by atoms with E-state index >= 15 is 0 Å². The van der Waals surface area contributed by atoms with E-state index < -0.39 is 0 Å². The number of benzene rings is 2. The third-order valence-electron chi connectivity index (χ3n) is 4.28. The summed E-state index contributed by atoms with van der Waals surface area (Å²) in [6.07, 6.45) is 0.988. The molecule has 1 aromatic heterocycles. The molecule has 1 heterocycles. The van der Waals surface area contributed by atoms with Gasteiger partial charge in [-0.3, -0.25) is 9.36 Å². The van der Waals surface area contributed by atoms with Gasteiger partial charge >= 0.3 is 0 Å². The molecule has 0 spiro atoms. The van der Waals surface area contributed by atoms with Crippen molar-refractivity contribution in [2.75, 3.05) is 5.88 Å². The van der Waals surface area contributed by atoms with Crippen molar-refractivity contribution in [2.24, 2.45) is 0 Å². The minimum Gasteiger partial charge on any atom is -0.349 e. The van der Waals surface area contributed by atoms with Crippen molar-refractivity contribution >= 4 is 52.5 Å². The van der Waals surface area contributed by atoms with E-state index in [0.717, 1.165) is 5.75 Å². The van der Waals surface area contributed by atoms with Crippen molar-refractivity contribution in [1.29, 1.82) is 0 Å². The van der Waals surface area contributed by atoms with Crippen LogP contribution in [0.3, 0.4) is 0 Å². The number of nitrogens with zero attached hydrogens (tertiary/aromatic N) is 3. The summed E-state index contributed by atoms with van der Waals surface area (Å²) in [7, 11) is 0. The SMILES string of the molecule is Cc1cccc(CSc2nnc(CNC(=O)CCCCl)n2-c2cc(Cl)ccc2Cl)c1. The third kappa shape index (κ3) is 6.14. The van der Waals surface area contributed by atoms with Gasteiger partial charge in [0.25, 0.3) is 0 Å². The largest absolute Gasteiger partial charge is 0.349 e. The molecule has 158 valence electrons. The number of carbonyl (C=O) groups is 1. The average molecular weight is 484 g/mol. The van der Waals surface area contributed by atoms with Crippen LogP contribution in [0.1, 0.15) is 29.8 Å². The second-order valence-electron chi connectivity index (χ2n) is 6.68. The molecular formula is C21H21Cl3N4OS. The van der Waals surface area contributed by atoms with Gasteiger partial charge in [0.1, 0.15) is 0 Å². The van der Waals surface area contributed by atoms with Crippen LogP contribution in [0, 0.1) is 6.92 Å². The molecule has 2 aromatic carbocycles. The van der Waals surface area contributed by atoms with Crippen molar-refractivity contribution in [3.8, 4) is 5.69 Å². The van der Waals surface area contributed by atoms with Crippen LogP contribution in [0.25, 0.3) is 5.69 Å². The van der Waals surface area contributed by atoms with Crippen LogP contribution in [0.4, 0.5) is 0 Å². The minimum atomic E-state index is -0.0867. The Morgan fingerprint density at radius 2 is 2.00 bits per heavy atom. The number of rotatable bonds is 9. The molecular weight excluding hydrogens is 463 g/mol. The number of carbonyl (C=O) groups excluding carboxylic acids is 1. The topological polar surface area (TPSA) is 59.8 Å². The predicted octanol–water partition coefficient (Wildman–Crippen LogP) is 5.81. The Kier molecular flexibility index (Phi) is 8.45. The summed E-state index contributed by atoms with van der Waals surface area (Å²) >= 11 is 19.9. The lowest BCUT2D eigenvalue weighted by Crippen LogP contribution is -2.24. The van der Waals surface area contributed by atoms with Gasteiger partial charge in [0.05, 0.1) is 17.3 Å². The molecule has 0 aliphatic rings. The molecule has 0 radical (unpaired) electrons. The van der Waals surface area contributed by atoms with Crippen molar-refractivity contribution in [3.05, 3.63) is 69.5 Å². The predicted molar refractivity (Wildman–Crippen MR) is 124 cm³/mol. The Labute approximate surface area is 195 Å². The van der Waals surface area contributed by atoms with E-state index in [-0.39, 0.29) is 12.5 Å². The van der Waals surface area contributed by atoms with E-state index in [1.165, 1.54) is 11.1 Å². The number of thioether (sulfide) groups is 1. The number of halogens is 3. The van der Waals surface area contributed by atoms with Crippen LogP contribution in [0.2, 0.25) is 10.0 Å². The smallest absolute Gasteiger partial charge is 0.220 e. The molecule has 0 bridgehead atoms. The van der Waals surface area contributed by atoms with E-state index in [0.29, 0.717) is 45.4 Å². The summed E-state index contributed by atoms with van der Waals surface area (Å²) in [5.41, 5.74) is 3.06. The standard InChI is InChI=1S/C21H21Cl3N4OS/c1-14-4-2-5-15(10-14)13-30-21-27-26-19(12-25-20(29)6-3-9-22)28(21)18-11-16(23)7-8-17(18)24/h2,4-5,7-8,10-11H,3,6,9,12-13H2,1H3,(H,25,29). The summed E-state index contributed by atoms with van der Waals surface area (Å²) in [5, 5.41) is 13.2. The van der Waals surface area contributed by atoms with Gasteiger partial charge in [-0.25, -0.2) is 0 Å². The van der Waals surface area contributed by atoms with Gasteiger partial charge in [0.2, 0.25) is 5.91 Å². The lowest BCUT2D eigenvalue weighted by Gasteiger charge is -2.13. The van der Waals surface area contributed by atoms with Crippen LogP contribution < -0.4 is 5.32 Å². The Balaban J connectivity index is 1.87. The first kappa shape index (κ1) is 22.9. The molecule has 1 amide bonds. The molecule has 9 heteroatoms. The number of alkyl halides is 1. The normalized spacial score (nSPS) is 10.9. The fourth-order valence-corrected chi connectivity index (χ4v) is 4.26. The summed E-state index contributed by atoms with van der Waals surface area (Å²) in [5.74, 6) is 1.66. The van der Waals surface area contributed by atoms with Crippen LogP contribution in [0.5, 0.6) is 0 Å². The number of hydrogen-bond acceptors (Lipinski definition) is 4. The van der Waals surface area contributed by atoms with Gasteiger partial charge in [0, 0.05) is 23.1 Å². The molecule has 30 heavy (non-hydrogen) atoms. The molecule has 0 atom stereocenters. The Morgan fingerprint density at radius 3 is 2.77 bits per heavy atom. The van der Waals surface area contributed by atoms with Crippen molar-refractivity contribution in [3.63, 3.8) is 0 Å². The van der Waals surface area contributed by atoms with Gasteiger partial charge in [-0.15, -0.1) is 21.8 Å². The zero-order valence-corrected chi connectivity index (χ0v) is 19.5. The second-order valence-corrected chi connectivity index (χ2v) is 8.84. The number of aryl methyl sites for hydroxylation is 1. The highest BCUT2D eigenvalue weighted by molar-refractivity contribution is 7.98. The first-order valence-corrected chi connectivity index (χ1v) is 11.7. The molecule has 3 aromatic rings. The summed E-state index contributed by atoms with van der Waals surface area (Å²) < 4.78 is 1.84. The Morgan fingerprint density at radius 1 is 1.17 bits per heavy atom. The highest BCUT2D eigenvalue weighted by Gasteiger charge is 2.18. The molecule has 0 unspecified atom stereocenters. The molecule has 0 aliphatic heterocycles. The second kappa shape index (κ2) is 11.0. The van der Waals surface area contributed by atoms with Crippen LogP contribution >= 0.6 is 46.6 Å². The molecule has 0 saturated heterocycles. The maximum absolute atomic E-state index is 12.0. The zero-order valence-electron chi connectivity index (χ0n) is 16.4. The molecule has 3 rings (SSSR count). The Hall–Kier alpha value is -1.73. The fraction of sp³-hybridized carbons (Fsp3) is 0.286. The molecule has 5 nitrogen and oxygen atoms in total.